The Morgan fingerprint density at radius 1 is 1.30 bits per heavy atom. The Kier molecular flexibility index (Phi) is 5.16. The van der Waals surface area contributed by atoms with Gasteiger partial charge in [0, 0.05) is 32.9 Å². The predicted octanol–water partition coefficient (Wildman–Crippen LogP) is 2.30. The standard InChI is InChI=1S/C18H27N3O2/c1-20(13-16(22)14-6-7-14)18(23)15-8-9-17(19-12-15)21-10-4-2-3-5-11-21/h8-9,12,14,16,22H,2-7,10-11,13H2,1H3. The van der Waals surface area contributed by atoms with Crippen molar-refractivity contribution >= 4 is 11.7 Å². The average molecular weight is 317 g/mol. The number of aliphatic hydroxyl groups excluding tert-OH is 1. The maximum atomic E-state index is 12.4. The van der Waals surface area contributed by atoms with Crippen molar-refractivity contribution in [1.29, 1.82) is 0 Å². The molecule has 126 valence electrons. The highest BCUT2D eigenvalue weighted by Crippen LogP contribution is 2.32. The molecule has 0 spiro atoms. The molecule has 2 fully saturated rings. The highest BCUT2D eigenvalue weighted by atomic mass is 16.3. The van der Waals surface area contributed by atoms with Crippen LogP contribution in [0.4, 0.5) is 5.82 Å². The number of carbonyl (C=O) groups is 1. The number of nitrogens with zero attached hydrogens (tertiary/aromatic N) is 3. The second-order valence-electron chi connectivity index (χ2n) is 6.90. The molecule has 1 aromatic heterocycles. The summed E-state index contributed by atoms with van der Waals surface area (Å²) in [5.74, 6) is 1.28. The summed E-state index contributed by atoms with van der Waals surface area (Å²) in [5.41, 5.74) is 0.592. The van der Waals surface area contributed by atoms with E-state index in [1.54, 1.807) is 18.1 Å². The molecule has 0 radical (unpaired) electrons. The maximum absolute atomic E-state index is 12.4. The first-order chi connectivity index (χ1) is 11.1. The molecule has 5 heteroatoms. The number of carbonyl (C=O) groups excluding carboxylic acids is 1. The molecule has 0 aromatic carbocycles. The van der Waals surface area contributed by atoms with Crippen LogP contribution in [-0.2, 0) is 0 Å². The summed E-state index contributed by atoms with van der Waals surface area (Å²) < 4.78 is 0. The molecule has 0 bridgehead atoms. The van der Waals surface area contributed by atoms with E-state index in [-0.39, 0.29) is 5.91 Å². The highest BCUT2D eigenvalue weighted by Gasteiger charge is 2.31. The zero-order chi connectivity index (χ0) is 16.2. The number of likely N-dealkylation sites (N-methyl/N-ethyl adjacent to an activating group) is 1. The molecule has 3 rings (SSSR count). The molecule has 2 aliphatic rings. The van der Waals surface area contributed by atoms with E-state index >= 15 is 0 Å². The summed E-state index contributed by atoms with van der Waals surface area (Å²) in [6.45, 7) is 2.50. The van der Waals surface area contributed by atoms with Crippen molar-refractivity contribution in [2.45, 2.75) is 44.6 Å². The second-order valence-corrected chi connectivity index (χ2v) is 6.90. The monoisotopic (exact) mass is 317 g/mol. The van der Waals surface area contributed by atoms with E-state index < -0.39 is 6.10 Å². The zero-order valence-electron chi connectivity index (χ0n) is 13.9. The number of pyridine rings is 1. The summed E-state index contributed by atoms with van der Waals surface area (Å²) in [6, 6.07) is 3.80. The fraction of sp³-hybridized carbons (Fsp3) is 0.667. The van der Waals surface area contributed by atoms with E-state index in [0.717, 1.165) is 31.7 Å². The van der Waals surface area contributed by atoms with Crippen molar-refractivity contribution in [3.05, 3.63) is 23.9 Å². The molecule has 1 saturated carbocycles. The number of amides is 1. The van der Waals surface area contributed by atoms with E-state index in [0.29, 0.717) is 18.0 Å². The van der Waals surface area contributed by atoms with Gasteiger partial charge in [-0.05, 0) is 43.7 Å². The molecule has 23 heavy (non-hydrogen) atoms. The van der Waals surface area contributed by atoms with Gasteiger partial charge in [-0.3, -0.25) is 4.79 Å². The minimum absolute atomic E-state index is 0.0698. The van der Waals surface area contributed by atoms with E-state index in [2.05, 4.69) is 9.88 Å². The van der Waals surface area contributed by atoms with Crippen LogP contribution in [0.3, 0.4) is 0 Å². The molecular formula is C18H27N3O2. The van der Waals surface area contributed by atoms with Gasteiger partial charge >= 0.3 is 0 Å². The number of hydrogen-bond acceptors (Lipinski definition) is 4. The molecule has 1 aliphatic heterocycles. The van der Waals surface area contributed by atoms with Crippen molar-refractivity contribution in [3.63, 3.8) is 0 Å². The van der Waals surface area contributed by atoms with Crippen LogP contribution in [0.2, 0.25) is 0 Å². The lowest BCUT2D eigenvalue weighted by molar-refractivity contribution is 0.0645. The van der Waals surface area contributed by atoms with Crippen LogP contribution in [0.1, 0.15) is 48.9 Å². The number of rotatable bonds is 5. The molecule has 2 heterocycles. The van der Waals surface area contributed by atoms with E-state index in [1.165, 1.54) is 25.7 Å². The molecule has 5 nitrogen and oxygen atoms in total. The lowest BCUT2D eigenvalue weighted by Crippen LogP contribution is -2.35. The van der Waals surface area contributed by atoms with E-state index in [9.17, 15) is 9.90 Å². The van der Waals surface area contributed by atoms with Crippen molar-refractivity contribution in [2.24, 2.45) is 5.92 Å². The first-order valence-corrected chi connectivity index (χ1v) is 8.79. The lowest BCUT2D eigenvalue weighted by Gasteiger charge is -2.23. The smallest absolute Gasteiger partial charge is 0.255 e. The van der Waals surface area contributed by atoms with E-state index in [1.807, 2.05) is 12.1 Å². The van der Waals surface area contributed by atoms with Crippen molar-refractivity contribution in [3.8, 4) is 0 Å². The fourth-order valence-electron chi connectivity index (χ4n) is 3.21. The Morgan fingerprint density at radius 3 is 2.57 bits per heavy atom. The molecular weight excluding hydrogens is 290 g/mol. The Morgan fingerprint density at radius 2 is 2.00 bits per heavy atom. The van der Waals surface area contributed by atoms with Crippen molar-refractivity contribution < 1.29 is 9.90 Å². The number of hydrogen-bond donors (Lipinski definition) is 1. The minimum atomic E-state index is -0.395. The van der Waals surface area contributed by atoms with Crippen LogP contribution in [0, 0.1) is 5.92 Å². The Hall–Kier alpha value is -1.62. The minimum Gasteiger partial charge on any atom is -0.391 e. The zero-order valence-corrected chi connectivity index (χ0v) is 13.9. The van der Waals surface area contributed by atoms with Gasteiger partial charge in [0.2, 0.25) is 0 Å². The third-order valence-electron chi connectivity index (χ3n) is 4.90. The van der Waals surface area contributed by atoms with Gasteiger partial charge in [-0.2, -0.15) is 0 Å². The van der Waals surface area contributed by atoms with Gasteiger partial charge in [0.05, 0.1) is 11.7 Å². The summed E-state index contributed by atoms with van der Waals surface area (Å²) in [6.07, 6.45) is 8.44. The van der Waals surface area contributed by atoms with Gasteiger partial charge in [-0.15, -0.1) is 0 Å². The van der Waals surface area contributed by atoms with Gasteiger partial charge in [-0.1, -0.05) is 12.8 Å². The molecule has 1 saturated heterocycles. The highest BCUT2D eigenvalue weighted by molar-refractivity contribution is 5.93. The summed E-state index contributed by atoms with van der Waals surface area (Å²) in [7, 11) is 1.75. The largest absolute Gasteiger partial charge is 0.391 e. The first kappa shape index (κ1) is 16.2. The maximum Gasteiger partial charge on any atom is 0.255 e. The van der Waals surface area contributed by atoms with Crippen LogP contribution < -0.4 is 4.90 Å². The summed E-state index contributed by atoms with van der Waals surface area (Å²) >= 11 is 0. The van der Waals surface area contributed by atoms with Crippen molar-refractivity contribution in [2.75, 3.05) is 31.6 Å². The quantitative estimate of drug-likeness (QED) is 0.905. The lowest BCUT2D eigenvalue weighted by atomic mass is 10.2. The Balaban J connectivity index is 1.60. The summed E-state index contributed by atoms with van der Waals surface area (Å²) in [4.78, 5) is 20.8. The number of aliphatic hydroxyl groups is 1. The topological polar surface area (TPSA) is 56.7 Å². The van der Waals surface area contributed by atoms with Crippen LogP contribution in [-0.4, -0.2) is 53.7 Å². The van der Waals surface area contributed by atoms with Crippen LogP contribution in [0.5, 0.6) is 0 Å². The van der Waals surface area contributed by atoms with Crippen molar-refractivity contribution in [1.82, 2.24) is 9.88 Å². The van der Waals surface area contributed by atoms with Gasteiger partial charge < -0.3 is 14.9 Å². The van der Waals surface area contributed by atoms with Gasteiger partial charge in [0.1, 0.15) is 5.82 Å². The predicted molar refractivity (Wildman–Crippen MR) is 90.6 cm³/mol. The summed E-state index contributed by atoms with van der Waals surface area (Å²) in [5, 5.41) is 9.98. The van der Waals surface area contributed by atoms with Crippen LogP contribution in [0.25, 0.3) is 0 Å². The SMILES string of the molecule is CN(CC(O)C1CC1)C(=O)c1ccc(N2CCCCCC2)nc1. The number of aromatic nitrogens is 1. The molecule has 1 amide bonds. The van der Waals surface area contributed by atoms with Crippen LogP contribution >= 0.6 is 0 Å². The molecule has 1 N–H and O–H groups in total. The fourth-order valence-corrected chi connectivity index (χ4v) is 3.21. The molecule has 1 aliphatic carbocycles. The second kappa shape index (κ2) is 7.30. The normalized spacial score (nSPS) is 20.0. The van der Waals surface area contributed by atoms with E-state index in [4.69, 9.17) is 0 Å². The third kappa shape index (κ3) is 4.22. The first-order valence-electron chi connectivity index (χ1n) is 8.79. The third-order valence-corrected chi connectivity index (χ3v) is 4.90. The molecule has 1 unspecified atom stereocenters. The van der Waals surface area contributed by atoms with Gasteiger partial charge in [0.15, 0.2) is 0 Å². The van der Waals surface area contributed by atoms with Gasteiger partial charge in [0.25, 0.3) is 5.91 Å². The molecule has 1 atom stereocenters. The molecule has 1 aromatic rings. The average Bonchev–Trinajstić information content (AvgIpc) is 3.40. The number of anilines is 1. The van der Waals surface area contributed by atoms with Crippen LogP contribution in [0.15, 0.2) is 18.3 Å². The Labute approximate surface area is 138 Å². The Bertz CT molecular complexity index is 520. The van der Waals surface area contributed by atoms with Gasteiger partial charge in [-0.25, -0.2) is 4.98 Å².